The summed E-state index contributed by atoms with van der Waals surface area (Å²) in [7, 11) is -9.49. The summed E-state index contributed by atoms with van der Waals surface area (Å²) in [5.74, 6) is 0. The number of aliphatic hydroxyl groups excluding tert-OH is 3. The number of pyridine rings is 1. The molecule has 15 nitrogen and oxygen atoms in total. The number of aliphatic hydroxyl groups is 3. The lowest BCUT2D eigenvalue weighted by Gasteiger charge is -2.15. The van der Waals surface area contributed by atoms with Gasteiger partial charge in [-0.3, -0.25) is 23.3 Å². The zero-order valence-electron chi connectivity index (χ0n) is 21.2. The Labute approximate surface area is 231 Å². The molecule has 0 atom stereocenters. The van der Waals surface area contributed by atoms with E-state index in [1.54, 1.807) is 0 Å². The summed E-state index contributed by atoms with van der Waals surface area (Å²) in [5.41, 5.74) is 7.64. The predicted octanol–water partition coefficient (Wildman–Crippen LogP) is -0.787. The predicted molar refractivity (Wildman–Crippen MR) is 149 cm³/mol. The third-order valence-corrected chi connectivity index (χ3v) is 7.47. The number of nitrogens with two attached hydrogens (primary N) is 2. The maximum absolute atomic E-state index is 13.0. The van der Waals surface area contributed by atoms with Crippen LogP contribution in [0.1, 0.15) is 0 Å². The van der Waals surface area contributed by atoms with Crippen molar-refractivity contribution >= 4 is 63.7 Å². The topological polar surface area (TPSA) is 274 Å². The van der Waals surface area contributed by atoms with Gasteiger partial charge in [-0.25, -0.2) is 0 Å². The molecule has 0 amide bonds. The molecule has 0 saturated heterocycles. The molecule has 0 fully saturated rings. The van der Waals surface area contributed by atoms with Crippen molar-refractivity contribution in [2.75, 3.05) is 32.9 Å². The maximum Gasteiger partial charge on any atom is 0.298 e. The van der Waals surface area contributed by atoms with Gasteiger partial charge in [0.05, 0.1) is 36.6 Å². The van der Waals surface area contributed by atoms with Crippen molar-refractivity contribution in [2.45, 2.75) is 16.3 Å². The first kappa shape index (κ1) is 32.0. The van der Waals surface area contributed by atoms with E-state index in [-0.39, 0.29) is 63.2 Å². The lowest BCUT2D eigenvalue weighted by atomic mass is 9.96. The van der Waals surface area contributed by atoms with Gasteiger partial charge in [0.1, 0.15) is 10.5 Å². The van der Waals surface area contributed by atoms with Gasteiger partial charge in [-0.15, -0.1) is 0 Å². The Morgan fingerprint density at radius 1 is 0.707 bits per heavy atom. The highest BCUT2D eigenvalue weighted by atomic mass is 32.2. The Kier molecular flexibility index (Phi) is 9.80. The van der Waals surface area contributed by atoms with Crippen LogP contribution in [0.4, 0.5) is 0 Å². The van der Waals surface area contributed by atoms with Gasteiger partial charge < -0.3 is 31.2 Å². The minimum Gasteiger partial charge on any atom is -0.455 e. The second-order valence-corrected chi connectivity index (χ2v) is 11.2. The molecule has 0 radical (unpaired) electrons. The van der Waals surface area contributed by atoms with Gasteiger partial charge >= 0.3 is 0 Å². The summed E-state index contributed by atoms with van der Waals surface area (Å²) in [6.45, 7) is 0.0898. The van der Waals surface area contributed by atoms with Gasteiger partial charge in [0.2, 0.25) is 0 Å². The highest BCUT2D eigenvalue weighted by Crippen LogP contribution is 2.40. The van der Waals surface area contributed by atoms with Crippen molar-refractivity contribution in [3.63, 3.8) is 0 Å². The second-order valence-electron chi connectivity index (χ2n) is 8.38. The lowest BCUT2D eigenvalue weighted by molar-refractivity contribution is 0.273. The van der Waals surface area contributed by atoms with Gasteiger partial charge in [-0.05, 0) is 35.7 Å². The smallest absolute Gasteiger partial charge is 0.298 e. The standard InChI is InChI=1S/C20H13NO10S2.2C2H7NO/c22-6-5-21-19(23)11-3-2-10-12-7-9(32(25,26)27)1-4-14(12)31-18-15(33(28,29)30)8-13(20(21)24)16(11)17(10)18;2*3-1-2-4/h1-4,7-8,22H,5-6H2,(H,25,26,27)(H,28,29,30);2*4H,1-3H2. The summed E-state index contributed by atoms with van der Waals surface area (Å²) in [6, 6.07) is 7.06. The normalized spacial score (nSPS) is 12.0. The number of aromatic nitrogens is 1. The van der Waals surface area contributed by atoms with Crippen molar-refractivity contribution in [2.24, 2.45) is 11.5 Å². The van der Waals surface area contributed by atoms with Gasteiger partial charge in [0.15, 0.2) is 5.58 Å². The first-order valence-corrected chi connectivity index (χ1v) is 14.6. The van der Waals surface area contributed by atoms with Crippen LogP contribution in [0.3, 0.4) is 0 Å². The molecule has 222 valence electrons. The van der Waals surface area contributed by atoms with Crippen LogP contribution in [-0.4, -0.2) is 78.7 Å². The van der Waals surface area contributed by atoms with E-state index in [9.17, 15) is 40.6 Å². The van der Waals surface area contributed by atoms with Gasteiger partial charge in [-0.2, -0.15) is 16.8 Å². The van der Waals surface area contributed by atoms with Crippen LogP contribution in [-0.2, 0) is 26.8 Å². The SMILES string of the molecule is NCCO.NCCO.O=c1c2ccc3c4cc(S(=O)(=O)O)ccc4oc4c(S(=O)(=O)O)cc(c(=O)n1CCO)c2c43. The number of hydrogen-bond donors (Lipinski definition) is 7. The monoisotopic (exact) mass is 613 g/mol. The third-order valence-electron chi connectivity index (χ3n) is 5.76. The van der Waals surface area contributed by atoms with E-state index in [2.05, 4.69) is 0 Å². The van der Waals surface area contributed by atoms with Crippen LogP contribution in [0, 0.1) is 0 Å². The Morgan fingerprint density at radius 3 is 1.78 bits per heavy atom. The zero-order chi connectivity index (χ0) is 30.7. The van der Waals surface area contributed by atoms with Crippen LogP contribution in [0.25, 0.3) is 43.5 Å². The molecule has 9 N–H and O–H groups in total. The maximum atomic E-state index is 13.0. The number of hydrogen-bond acceptors (Lipinski definition) is 12. The fraction of sp³-hybridized carbons (Fsp3) is 0.250. The van der Waals surface area contributed by atoms with Crippen LogP contribution in [0.15, 0.2) is 60.2 Å². The van der Waals surface area contributed by atoms with Crippen molar-refractivity contribution in [3.8, 4) is 0 Å². The van der Waals surface area contributed by atoms with Crippen LogP contribution in [0.5, 0.6) is 0 Å². The molecule has 0 spiro atoms. The van der Waals surface area contributed by atoms with Gasteiger partial charge in [0, 0.05) is 34.6 Å². The van der Waals surface area contributed by atoms with Crippen LogP contribution in [0.2, 0.25) is 0 Å². The quantitative estimate of drug-likeness (QED) is 0.0702. The molecule has 2 heterocycles. The Morgan fingerprint density at radius 2 is 1.27 bits per heavy atom. The molecule has 2 aromatic heterocycles. The molecule has 3 aromatic carbocycles. The lowest BCUT2D eigenvalue weighted by Crippen LogP contribution is -2.34. The molecule has 0 aliphatic heterocycles. The summed E-state index contributed by atoms with van der Waals surface area (Å²) in [6.07, 6.45) is 0. The van der Waals surface area contributed by atoms with Gasteiger partial charge in [-0.1, -0.05) is 6.07 Å². The minimum absolute atomic E-state index is 0.00274. The van der Waals surface area contributed by atoms with Crippen molar-refractivity contribution in [1.82, 2.24) is 4.57 Å². The molecule has 41 heavy (non-hydrogen) atoms. The Bertz CT molecular complexity index is 2040. The van der Waals surface area contributed by atoms with Crippen molar-refractivity contribution in [3.05, 3.63) is 57.1 Å². The van der Waals surface area contributed by atoms with E-state index in [0.717, 1.165) is 22.8 Å². The number of fused-ring (bicyclic) bond motifs is 2. The first-order valence-electron chi connectivity index (χ1n) is 11.8. The summed E-state index contributed by atoms with van der Waals surface area (Å²) < 4.78 is 73.3. The van der Waals surface area contributed by atoms with E-state index >= 15 is 0 Å². The molecule has 5 aromatic rings. The highest BCUT2D eigenvalue weighted by Gasteiger charge is 2.26. The van der Waals surface area contributed by atoms with Crippen molar-refractivity contribution in [1.29, 1.82) is 0 Å². The zero-order valence-corrected chi connectivity index (χ0v) is 22.9. The molecular weight excluding hydrogens is 586 g/mol. The van der Waals surface area contributed by atoms with E-state index in [0.29, 0.717) is 13.1 Å². The number of nitrogens with zero attached hydrogens (tertiary/aromatic N) is 1. The molecule has 5 rings (SSSR count). The average Bonchev–Trinajstić information content (AvgIpc) is 2.93. The molecule has 0 saturated carbocycles. The second kappa shape index (κ2) is 12.6. The Hall–Kier alpha value is -3.52. The highest BCUT2D eigenvalue weighted by molar-refractivity contribution is 7.86. The Balaban J connectivity index is 0.000000515. The van der Waals surface area contributed by atoms with Crippen LogP contribution >= 0.6 is 0 Å². The van der Waals surface area contributed by atoms with E-state index < -0.39 is 47.8 Å². The first-order chi connectivity index (χ1) is 19.3. The molecule has 0 bridgehead atoms. The fourth-order valence-corrected chi connectivity index (χ4v) is 5.29. The van der Waals surface area contributed by atoms with Gasteiger partial charge in [0.25, 0.3) is 31.4 Å². The molecule has 0 unspecified atom stereocenters. The van der Waals surface area contributed by atoms with Crippen molar-refractivity contribution < 1.29 is 45.7 Å². The van der Waals surface area contributed by atoms with E-state index in [1.165, 1.54) is 18.2 Å². The third kappa shape index (κ3) is 6.22. The minimum atomic E-state index is -4.91. The molecular formula is C24H27N3O12S2. The fourth-order valence-electron chi connectivity index (χ4n) is 4.14. The molecule has 17 heteroatoms. The molecule has 0 aliphatic rings. The summed E-state index contributed by atoms with van der Waals surface area (Å²) >= 11 is 0. The van der Waals surface area contributed by atoms with E-state index in [4.69, 9.17) is 26.1 Å². The molecule has 0 aliphatic carbocycles. The summed E-state index contributed by atoms with van der Waals surface area (Å²) in [4.78, 5) is 24.7. The number of rotatable bonds is 6. The average molecular weight is 614 g/mol. The number of benzene rings is 3. The summed E-state index contributed by atoms with van der Waals surface area (Å²) in [5, 5.41) is 25.0. The largest absolute Gasteiger partial charge is 0.455 e. The van der Waals surface area contributed by atoms with E-state index in [1.807, 2.05) is 0 Å². The van der Waals surface area contributed by atoms with Crippen LogP contribution < -0.4 is 22.6 Å².